The number of aryl methyl sites for hydroxylation is 2. The summed E-state index contributed by atoms with van der Waals surface area (Å²) in [5.74, 6) is 0. The molecule has 0 aliphatic carbocycles. The Kier molecular flexibility index (Phi) is 7.61. The summed E-state index contributed by atoms with van der Waals surface area (Å²) < 4.78 is 28.3. The van der Waals surface area contributed by atoms with E-state index in [1.807, 2.05) is 54.9 Å². The Morgan fingerprint density at radius 1 is 0.711 bits per heavy atom. The van der Waals surface area contributed by atoms with Crippen molar-refractivity contribution in [1.29, 1.82) is 0 Å². The molecule has 0 amide bonds. The summed E-state index contributed by atoms with van der Waals surface area (Å²) in [7, 11) is 0. The number of rotatable bonds is 3. The quantitative estimate of drug-likeness (QED) is 0.168. The van der Waals surface area contributed by atoms with Gasteiger partial charge in [-0.15, -0.1) is 54.1 Å². The second kappa shape index (κ2) is 13.0. The summed E-state index contributed by atoms with van der Waals surface area (Å²) in [6, 6.07) is 37.7. The van der Waals surface area contributed by atoms with Gasteiger partial charge in [0.25, 0.3) is 0 Å². The molecule has 0 fully saturated rings. The molecule has 0 saturated carbocycles. The molecule has 4 aromatic heterocycles. The van der Waals surface area contributed by atoms with Gasteiger partial charge in [-0.2, -0.15) is 0 Å². The van der Waals surface area contributed by atoms with Crippen LogP contribution in [0.3, 0.4) is 0 Å². The predicted octanol–water partition coefficient (Wildman–Crippen LogP) is 10.1. The van der Waals surface area contributed by atoms with E-state index in [1.165, 1.54) is 28.3 Å². The maximum atomic E-state index is 7.23. The van der Waals surface area contributed by atoms with Crippen molar-refractivity contribution in [2.45, 2.75) is 20.7 Å². The average molecular weight is 763 g/mol. The summed E-state index contributed by atoms with van der Waals surface area (Å²) in [6.07, 6.45) is 6.98. The number of aromatic nitrogens is 3. The molecule has 0 bridgehead atoms. The van der Waals surface area contributed by atoms with Gasteiger partial charge in [-0.05, 0) is 71.9 Å². The average Bonchev–Trinajstić information content (AvgIpc) is 3.49. The van der Waals surface area contributed by atoms with Crippen LogP contribution in [0.5, 0.6) is 0 Å². The fraction of sp³-hybridized carbons (Fsp3) is 0.0750. The number of hydrogen-bond acceptors (Lipinski definition) is 4. The molecule has 4 nitrogen and oxygen atoms in total. The van der Waals surface area contributed by atoms with E-state index in [1.54, 1.807) is 24.4 Å². The van der Waals surface area contributed by atoms with Crippen LogP contribution in [0.2, 0.25) is 0 Å². The summed E-state index contributed by atoms with van der Waals surface area (Å²) in [5.41, 5.74) is 10.0. The zero-order valence-corrected chi connectivity index (χ0v) is 27.0. The topological polar surface area (TPSA) is 51.8 Å². The molecule has 45 heavy (non-hydrogen) atoms. The number of furan rings is 1. The Balaban J connectivity index is 0.000000201. The van der Waals surface area contributed by atoms with Gasteiger partial charge in [0.15, 0.2) is 0 Å². The van der Waals surface area contributed by atoms with E-state index in [-0.39, 0.29) is 25.7 Å². The van der Waals surface area contributed by atoms with Crippen LogP contribution < -0.4 is 0 Å². The third-order valence-corrected chi connectivity index (χ3v) is 7.86. The van der Waals surface area contributed by atoms with Gasteiger partial charge < -0.3 is 14.4 Å². The van der Waals surface area contributed by atoms with Crippen LogP contribution in [0.15, 0.2) is 126 Å². The maximum Gasteiger partial charge on any atom is 0.128 e. The largest absolute Gasteiger partial charge is 0.500 e. The van der Waals surface area contributed by atoms with E-state index in [4.69, 9.17) is 8.53 Å². The number of nitrogens with zero attached hydrogens (tertiary/aromatic N) is 3. The van der Waals surface area contributed by atoms with Gasteiger partial charge in [-0.25, -0.2) is 0 Å². The number of benzene rings is 4. The van der Waals surface area contributed by atoms with Gasteiger partial charge in [-0.1, -0.05) is 59.5 Å². The van der Waals surface area contributed by atoms with Crippen LogP contribution in [0.1, 0.15) is 20.8 Å². The summed E-state index contributed by atoms with van der Waals surface area (Å²) >= 11 is 0. The summed E-state index contributed by atoms with van der Waals surface area (Å²) in [6.45, 7) is 2.24. The molecule has 4 aromatic carbocycles. The molecular formula is C40H29IrN3O-2. The summed E-state index contributed by atoms with van der Waals surface area (Å²) in [5, 5.41) is 4.49. The molecule has 8 aromatic rings. The number of para-hydroxylation sites is 1. The van der Waals surface area contributed by atoms with Gasteiger partial charge >= 0.3 is 0 Å². The van der Waals surface area contributed by atoms with Gasteiger partial charge in [0, 0.05) is 65.3 Å². The van der Waals surface area contributed by atoms with Crippen molar-refractivity contribution in [2.75, 3.05) is 0 Å². The van der Waals surface area contributed by atoms with Crippen molar-refractivity contribution in [3.63, 3.8) is 0 Å². The van der Waals surface area contributed by atoms with Crippen molar-refractivity contribution in [3.05, 3.63) is 151 Å². The first-order valence-corrected chi connectivity index (χ1v) is 14.3. The number of hydrogen-bond donors (Lipinski definition) is 0. The molecule has 1 radical (unpaired) electrons. The Labute approximate surface area is 280 Å². The number of fused-ring (bicyclic) bond motifs is 4. The standard InChI is InChI=1S/C28H19N2O.C12H10N.Ir/c1-17-15-19-12-14-29-16-24(19)26(18(17)2)23-10-6-8-21-20-7-5-9-22(27(20)31-28(21)23)25-11-3-4-13-30-25;1-10-7-8-12(13-9-10)11-5-3-2-4-6-11;/h3-8,10-16H,1-2H3;2-5,7-9H,1H3;/q2*-1;/i;1D3;. The fourth-order valence-electron chi connectivity index (χ4n) is 5.59. The molecule has 0 N–H and O–H groups in total. The van der Waals surface area contributed by atoms with E-state index in [0.717, 1.165) is 55.4 Å². The van der Waals surface area contributed by atoms with Crippen molar-refractivity contribution in [3.8, 4) is 33.6 Å². The predicted molar refractivity (Wildman–Crippen MR) is 179 cm³/mol. The summed E-state index contributed by atoms with van der Waals surface area (Å²) in [4.78, 5) is 13.0. The van der Waals surface area contributed by atoms with Crippen LogP contribution in [-0.2, 0) is 20.1 Å². The molecule has 221 valence electrons. The molecule has 0 atom stereocenters. The first-order valence-electron chi connectivity index (χ1n) is 15.8. The zero-order chi connectivity index (χ0) is 32.5. The van der Waals surface area contributed by atoms with Crippen molar-refractivity contribution < 1.29 is 28.6 Å². The van der Waals surface area contributed by atoms with E-state index in [9.17, 15) is 0 Å². The van der Waals surface area contributed by atoms with E-state index < -0.39 is 6.85 Å². The first-order chi connectivity index (χ1) is 22.8. The van der Waals surface area contributed by atoms with Crippen molar-refractivity contribution >= 4 is 32.7 Å². The van der Waals surface area contributed by atoms with Gasteiger partial charge in [-0.3, -0.25) is 4.98 Å². The van der Waals surface area contributed by atoms with Crippen LogP contribution in [-0.4, -0.2) is 15.0 Å². The minimum atomic E-state index is -2.09. The van der Waals surface area contributed by atoms with Crippen molar-refractivity contribution in [1.82, 2.24) is 15.0 Å². The molecule has 0 aliphatic heterocycles. The molecule has 0 aliphatic rings. The van der Waals surface area contributed by atoms with Crippen LogP contribution in [0.4, 0.5) is 0 Å². The molecule has 0 saturated heterocycles. The van der Waals surface area contributed by atoms with Crippen LogP contribution in [0, 0.1) is 32.8 Å². The van der Waals surface area contributed by atoms with Crippen LogP contribution in [0.25, 0.3) is 66.4 Å². The van der Waals surface area contributed by atoms with E-state index in [2.05, 4.69) is 77.3 Å². The molecule has 4 heterocycles. The van der Waals surface area contributed by atoms with Gasteiger partial charge in [0.05, 0.1) is 5.58 Å². The monoisotopic (exact) mass is 763 g/mol. The smallest absolute Gasteiger partial charge is 0.128 e. The van der Waals surface area contributed by atoms with Crippen molar-refractivity contribution in [2.24, 2.45) is 0 Å². The normalized spacial score (nSPS) is 12.1. The second-order valence-electron chi connectivity index (χ2n) is 10.6. The minimum absolute atomic E-state index is 0. The third kappa shape index (κ3) is 5.81. The molecular weight excluding hydrogens is 731 g/mol. The Morgan fingerprint density at radius 2 is 1.60 bits per heavy atom. The molecule has 0 unspecified atom stereocenters. The minimum Gasteiger partial charge on any atom is -0.500 e. The Hall–Kier alpha value is -4.96. The third-order valence-electron chi connectivity index (χ3n) is 7.86. The fourth-order valence-corrected chi connectivity index (χ4v) is 5.59. The Bertz CT molecular complexity index is 2360. The van der Waals surface area contributed by atoms with E-state index >= 15 is 0 Å². The molecule has 0 spiro atoms. The SMILES string of the molecule is Cc1cc2ccncc2c(-c2cccc3c2oc2c(-c4ccccn4)[c-]ccc23)c1C.[2H]C([2H])([2H])c1ccc(-c2[c-]cccc2)nc1.[Ir]. The molecule has 8 rings (SSSR count). The van der Waals surface area contributed by atoms with Gasteiger partial charge in [0.2, 0.25) is 0 Å². The van der Waals surface area contributed by atoms with Crippen LogP contribution >= 0.6 is 0 Å². The van der Waals surface area contributed by atoms with Gasteiger partial charge in [0.1, 0.15) is 5.58 Å². The maximum absolute atomic E-state index is 7.23. The first kappa shape index (κ1) is 26.4. The molecule has 5 heteroatoms. The zero-order valence-electron chi connectivity index (χ0n) is 27.6. The van der Waals surface area contributed by atoms with E-state index in [0.29, 0.717) is 0 Å². The Morgan fingerprint density at radius 3 is 2.38 bits per heavy atom. The number of pyridine rings is 3. The second-order valence-corrected chi connectivity index (χ2v) is 10.6.